The first-order valence-electron chi connectivity index (χ1n) is 9.69. The molecule has 0 fully saturated rings. The lowest BCUT2D eigenvalue weighted by Gasteiger charge is -2.16. The Bertz CT molecular complexity index is 888. The lowest BCUT2D eigenvalue weighted by molar-refractivity contribution is -0.120. The van der Waals surface area contributed by atoms with Crippen molar-refractivity contribution in [2.75, 3.05) is 13.7 Å². The van der Waals surface area contributed by atoms with Gasteiger partial charge in [-0.1, -0.05) is 18.2 Å². The molecular weight excluding hydrogens is 359 g/mol. The number of carbonyl (C=O) groups is 2. The number of benzene rings is 1. The molecule has 6 heteroatoms. The van der Waals surface area contributed by atoms with Crippen molar-refractivity contribution in [3.63, 3.8) is 0 Å². The van der Waals surface area contributed by atoms with Gasteiger partial charge >= 0.3 is 0 Å². The minimum atomic E-state index is -0.265. The molecule has 5 nitrogen and oxygen atoms in total. The summed E-state index contributed by atoms with van der Waals surface area (Å²) in [5.41, 5.74) is 3.78. The van der Waals surface area contributed by atoms with Crippen LogP contribution in [0.5, 0.6) is 0 Å². The van der Waals surface area contributed by atoms with Crippen LogP contribution in [0.4, 0.5) is 4.39 Å². The summed E-state index contributed by atoms with van der Waals surface area (Å²) in [6.45, 7) is 4.56. The molecule has 1 amide bonds. The van der Waals surface area contributed by atoms with Crippen LogP contribution in [0.3, 0.4) is 0 Å². The number of methoxy groups -OCH3 is 1. The van der Waals surface area contributed by atoms with Crippen LogP contribution in [0.25, 0.3) is 0 Å². The summed E-state index contributed by atoms with van der Waals surface area (Å²) in [4.78, 5) is 25.1. The summed E-state index contributed by atoms with van der Waals surface area (Å²) in [6, 6.07) is 6.67. The van der Waals surface area contributed by atoms with Crippen LogP contribution >= 0.6 is 0 Å². The summed E-state index contributed by atoms with van der Waals surface area (Å²) >= 11 is 0. The third-order valence-electron chi connectivity index (χ3n) is 5.47. The van der Waals surface area contributed by atoms with Gasteiger partial charge in [0, 0.05) is 42.6 Å². The highest BCUT2D eigenvalue weighted by molar-refractivity contribution is 6.01. The molecule has 0 radical (unpaired) electrons. The van der Waals surface area contributed by atoms with Crippen molar-refractivity contribution >= 4 is 11.7 Å². The van der Waals surface area contributed by atoms with Gasteiger partial charge in [-0.25, -0.2) is 4.39 Å². The van der Waals surface area contributed by atoms with Crippen LogP contribution in [-0.4, -0.2) is 36.0 Å². The quantitative estimate of drug-likeness (QED) is 0.795. The molecule has 0 saturated carbocycles. The Morgan fingerprint density at radius 1 is 1.32 bits per heavy atom. The highest BCUT2D eigenvalue weighted by Crippen LogP contribution is 2.31. The van der Waals surface area contributed by atoms with Crippen LogP contribution in [0.15, 0.2) is 24.3 Å². The molecular formula is C22H27FN2O3. The van der Waals surface area contributed by atoms with Crippen molar-refractivity contribution in [3.8, 4) is 0 Å². The molecule has 1 atom stereocenters. The smallest absolute Gasteiger partial charge is 0.224 e. The number of hydrogen-bond acceptors (Lipinski definition) is 3. The molecule has 1 aromatic heterocycles. The number of rotatable bonds is 7. The van der Waals surface area contributed by atoms with E-state index < -0.39 is 0 Å². The maximum Gasteiger partial charge on any atom is 0.224 e. The summed E-state index contributed by atoms with van der Waals surface area (Å²) in [7, 11) is 1.60. The zero-order valence-electron chi connectivity index (χ0n) is 16.7. The zero-order valence-corrected chi connectivity index (χ0v) is 16.7. The van der Waals surface area contributed by atoms with Gasteiger partial charge in [-0.05, 0) is 38.3 Å². The van der Waals surface area contributed by atoms with E-state index in [-0.39, 0.29) is 30.0 Å². The average Bonchev–Trinajstić information content (AvgIpc) is 2.94. The highest BCUT2D eigenvalue weighted by Gasteiger charge is 2.29. The predicted molar refractivity (Wildman–Crippen MR) is 105 cm³/mol. The molecule has 1 aromatic carbocycles. The zero-order chi connectivity index (χ0) is 20.3. The van der Waals surface area contributed by atoms with Crippen LogP contribution in [0.1, 0.15) is 52.6 Å². The number of carbonyl (C=O) groups excluding carboxylic acids is 2. The Hall–Kier alpha value is -2.47. The molecule has 1 aliphatic carbocycles. The van der Waals surface area contributed by atoms with Crippen molar-refractivity contribution in [2.45, 2.75) is 52.2 Å². The fraction of sp³-hybridized carbons (Fsp3) is 0.455. The summed E-state index contributed by atoms with van der Waals surface area (Å²) in [5.74, 6) is -0.333. The number of ether oxygens (including phenoxy) is 1. The lowest BCUT2D eigenvalue weighted by atomic mass is 9.92. The molecule has 1 heterocycles. The van der Waals surface area contributed by atoms with Crippen molar-refractivity contribution in [2.24, 2.45) is 0 Å². The number of fused-ring (bicyclic) bond motifs is 1. The van der Waals surface area contributed by atoms with Gasteiger partial charge in [-0.2, -0.15) is 0 Å². The fourth-order valence-electron chi connectivity index (χ4n) is 3.78. The van der Waals surface area contributed by atoms with Crippen LogP contribution in [-0.2, 0) is 28.9 Å². The Kier molecular flexibility index (Phi) is 6.29. The topological polar surface area (TPSA) is 60.3 Å². The number of nitrogens with zero attached hydrogens (tertiary/aromatic N) is 1. The molecule has 0 unspecified atom stereocenters. The van der Waals surface area contributed by atoms with Crippen molar-refractivity contribution in [3.05, 3.63) is 58.2 Å². The first kappa shape index (κ1) is 20.3. The van der Waals surface area contributed by atoms with E-state index in [1.54, 1.807) is 25.3 Å². The Balaban J connectivity index is 1.92. The fourth-order valence-corrected chi connectivity index (χ4v) is 3.78. The molecule has 28 heavy (non-hydrogen) atoms. The first-order chi connectivity index (χ1) is 13.4. The number of nitrogens with one attached hydrogen (secondary N) is 1. The van der Waals surface area contributed by atoms with Gasteiger partial charge < -0.3 is 14.6 Å². The molecule has 2 aromatic rings. The third kappa shape index (κ3) is 4.17. The molecule has 3 rings (SSSR count). The third-order valence-corrected chi connectivity index (χ3v) is 5.47. The number of ketones is 1. The predicted octanol–water partition coefficient (Wildman–Crippen LogP) is 3.20. The molecule has 1 aliphatic rings. The minimum Gasteiger partial charge on any atom is -0.380 e. The summed E-state index contributed by atoms with van der Waals surface area (Å²) in [6.07, 6.45) is 2.10. The molecule has 1 N–H and O–H groups in total. The van der Waals surface area contributed by atoms with Gasteiger partial charge in [0.05, 0.1) is 19.1 Å². The van der Waals surface area contributed by atoms with Crippen molar-refractivity contribution < 1.29 is 18.7 Å². The highest BCUT2D eigenvalue weighted by atomic mass is 19.1. The van der Waals surface area contributed by atoms with Crippen LogP contribution in [0.2, 0.25) is 0 Å². The standard InChI is InChI=1S/C22H27FN2O3/c1-14(28-3)12-24-21(27)11-17-15(2)25(13-16-7-4-5-8-18(16)23)19-9-6-10-20(26)22(17)19/h4-5,7-8,14H,6,9-13H2,1-3H3,(H,24,27)/t14-/m0/s1. The van der Waals surface area contributed by atoms with E-state index in [4.69, 9.17) is 4.74 Å². The largest absolute Gasteiger partial charge is 0.380 e. The molecule has 0 bridgehead atoms. The van der Waals surface area contributed by atoms with E-state index in [0.29, 0.717) is 30.6 Å². The van der Waals surface area contributed by atoms with Crippen molar-refractivity contribution in [1.29, 1.82) is 0 Å². The first-order valence-corrected chi connectivity index (χ1v) is 9.69. The molecule has 0 saturated heterocycles. The number of Topliss-reactive ketones (excluding diaryl/α,β-unsaturated/α-hetero) is 1. The minimum absolute atomic E-state index is 0.0738. The van der Waals surface area contributed by atoms with Gasteiger partial charge in [0.1, 0.15) is 5.82 Å². The molecule has 150 valence electrons. The van der Waals surface area contributed by atoms with Gasteiger partial charge in [-0.3, -0.25) is 9.59 Å². The Labute approximate surface area is 164 Å². The van der Waals surface area contributed by atoms with Gasteiger partial charge in [0.25, 0.3) is 0 Å². The van der Waals surface area contributed by atoms with Crippen molar-refractivity contribution in [1.82, 2.24) is 9.88 Å². The number of amides is 1. The second-order valence-corrected chi connectivity index (χ2v) is 7.37. The maximum absolute atomic E-state index is 14.2. The summed E-state index contributed by atoms with van der Waals surface area (Å²) in [5, 5.41) is 2.85. The van der Waals surface area contributed by atoms with Gasteiger partial charge in [0.2, 0.25) is 5.91 Å². The van der Waals surface area contributed by atoms with Crippen LogP contribution in [0, 0.1) is 12.7 Å². The normalized spacial score (nSPS) is 14.6. The Morgan fingerprint density at radius 2 is 2.07 bits per heavy atom. The maximum atomic E-state index is 14.2. The van der Waals surface area contributed by atoms with Gasteiger partial charge in [0.15, 0.2) is 5.78 Å². The van der Waals surface area contributed by atoms with E-state index in [1.807, 2.05) is 18.4 Å². The SMILES string of the molecule is CO[C@@H](C)CNC(=O)Cc1c2c(n(Cc3ccccc3F)c1C)CCCC2=O. The monoisotopic (exact) mass is 386 g/mol. The van der Waals surface area contributed by atoms with E-state index in [9.17, 15) is 14.0 Å². The van der Waals surface area contributed by atoms with E-state index >= 15 is 0 Å². The average molecular weight is 386 g/mol. The van der Waals surface area contributed by atoms with E-state index in [0.717, 1.165) is 29.8 Å². The summed E-state index contributed by atoms with van der Waals surface area (Å²) < 4.78 is 21.3. The Morgan fingerprint density at radius 3 is 2.79 bits per heavy atom. The second kappa shape index (κ2) is 8.69. The van der Waals surface area contributed by atoms with E-state index in [1.165, 1.54) is 6.07 Å². The number of halogens is 1. The molecule has 0 spiro atoms. The molecule has 0 aliphatic heterocycles. The lowest BCUT2D eigenvalue weighted by Crippen LogP contribution is -2.33. The number of hydrogen-bond donors (Lipinski definition) is 1. The van der Waals surface area contributed by atoms with Crippen LogP contribution < -0.4 is 5.32 Å². The number of aromatic nitrogens is 1. The van der Waals surface area contributed by atoms with Gasteiger partial charge in [-0.15, -0.1) is 0 Å². The van der Waals surface area contributed by atoms with E-state index in [2.05, 4.69) is 5.32 Å². The second-order valence-electron chi connectivity index (χ2n) is 7.37.